The summed E-state index contributed by atoms with van der Waals surface area (Å²) in [5, 5.41) is 18.7. The maximum atomic E-state index is 11.7. The Kier molecular flexibility index (Phi) is 3.78. The Morgan fingerprint density at radius 1 is 1.21 bits per heavy atom. The van der Waals surface area contributed by atoms with Crippen molar-refractivity contribution < 1.29 is 23.4 Å². The SMILES string of the molecule is OC(CCCC(F)(F)F)C(O)C1CC1. The van der Waals surface area contributed by atoms with E-state index in [0.717, 1.165) is 12.8 Å². The van der Waals surface area contributed by atoms with E-state index in [9.17, 15) is 23.4 Å². The third-order valence-electron chi connectivity index (χ3n) is 2.46. The molecule has 2 N–H and O–H groups in total. The van der Waals surface area contributed by atoms with Crippen molar-refractivity contribution in [1.82, 2.24) is 0 Å². The number of rotatable bonds is 5. The fourth-order valence-electron chi connectivity index (χ4n) is 1.43. The van der Waals surface area contributed by atoms with Crippen molar-refractivity contribution in [3.8, 4) is 0 Å². The molecule has 1 fully saturated rings. The third-order valence-corrected chi connectivity index (χ3v) is 2.46. The standard InChI is InChI=1S/C9H15F3O2/c10-9(11,12)5-1-2-7(13)8(14)6-3-4-6/h6-8,13-14H,1-5H2. The van der Waals surface area contributed by atoms with E-state index in [1.807, 2.05) is 0 Å². The number of alkyl halides is 3. The lowest BCUT2D eigenvalue weighted by atomic mass is 10.0. The Bertz CT molecular complexity index is 177. The van der Waals surface area contributed by atoms with E-state index >= 15 is 0 Å². The molecule has 1 rings (SSSR count). The van der Waals surface area contributed by atoms with Gasteiger partial charge in [0.2, 0.25) is 0 Å². The fraction of sp³-hybridized carbons (Fsp3) is 1.00. The van der Waals surface area contributed by atoms with Crippen LogP contribution in [-0.4, -0.2) is 28.6 Å². The lowest BCUT2D eigenvalue weighted by Gasteiger charge is -2.17. The molecule has 0 heterocycles. The van der Waals surface area contributed by atoms with Gasteiger partial charge in [0.15, 0.2) is 0 Å². The van der Waals surface area contributed by atoms with Gasteiger partial charge in [-0.1, -0.05) is 0 Å². The Morgan fingerprint density at radius 3 is 2.21 bits per heavy atom. The lowest BCUT2D eigenvalue weighted by molar-refractivity contribution is -0.137. The summed E-state index contributed by atoms with van der Waals surface area (Å²) >= 11 is 0. The van der Waals surface area contributed by atoms with Crippen molar-refractivity contribution in [2.24, 2.45) is 5.92 Å². The zero-order chi connectivity index (χ0) is 10.8. The first-order chi connectivity index (χ1) is 6.40. The van der Waals surface area contributed by atoms with Crippen molar-refractivity contribution >= 4 is 0 Å². The number of aliphatic hydroxyl groups is 2. The molecule has 0 radical (unpaired) electrons. The monoisotopic (exact) mass is 212 g/mol. The van der Waals surface area contributed by atoms with Gasteiger partial charge in [-0.05, 0) is 31.6 Å². The van der Waals surface area contributed by atoms with E-state index in [1.54, 1.807) is 0 Å². The smallest absolute Gasteiger partial charge is 0.389 e. The van der Waals surface area contributed by atoms with Gasteiger partial charge in [-0.2, -0.15) is 13.2 Å². The summed E-state index contributed by atoms with van der Waals surface area (Å²) in [5.41, 5.74) is 0. The first kappa shape index (κ1) is 11.8. The minimum atomic E-state index is -4.16. The van der Waals surface area contributed by atoms with E-state index < -0.39 is 24.8 Å². The highest BCUT2D eigenvalue weighted by Crippen LogP contribution is 2.35. The van der Waals surface area contributed by atoms with Crippen LogP contribution in [-0.2, 0) is 0 Å². The molecule has 14 heavy (non-hydrogen) atoms. The molecular formula is C9H15F3O2. The Morgan fingerprint density at radius 2 is 1.79 bits per heavy atom. The highest BCUT2D eigenvalue weighted by molar-refractivity contribution is 4.85. The molecule has 2 atom stereocenters. The molecule has 0 aromatic rings. The number of aliphatic hydroxyl groups excluding tert-OH is 2. The lowest BCUT2D eigenvalue weighted by Crippen LogP contribution is -2.28. The highest BCUT2D eigenvalue weighted by Gasteiger charge is 2.35. The maximum Gasteiger partial charge on any atom is 0.389 e. The Labute approximate surface area is 80.7 Å². The predicted octanol–water partition coefficient (Wildman–Crippen LogP) is 1.85. The molecule has 0 amide bonds. The number of hydrogen-bond donors (Lipinski definition) is 2. The average molecular weight is 212 g/mol. The van der Waals surface area contributed by atoms with E-state index in [-0.39, 0.29) is 18.8 Å². The molecule has 2 nitrogen and oxygen atoms in total. The average Bonchev–Trinajstić information content (AvgIpc) is 2.82. The molecule has 0 aromatic heterocycles. The molecule has 0 bridgehead atoms. The summed E-state index contributed by atoms with van der Waals surface area (Å²) in [5.74, 6) is 0.107. The minimum absolute atomic E-state index is 0.0250. The van der Waals surface area contributed by atoms with Crippen LogP contribution in [0.2, 0.25) is 0 Å². The molecule has 1 aliphatic rings. The summed E-state index contributed by atoms with van der Waals surface area (Å²) in [6.45, 7) is 0. The van der Waals surface area contributed by atoms with Gasteiger partial charge in [-0.3, -0.25) is 0 Å². The van der Waals surface area contributed by atoms with Gasteiger partial charge in [0.25, 0.3) is 0 Å². The van der Waals surface area contributed by atoms with Gasteiger partial charge in [-0.15, -0.1) is 0 Å². The number of hydrogen-bond acceptors (Lipinski definition) is 2. The minimum Gasteiger partial charge on any atom is -0.390 e. The van der Waals surface area contributed by atoms with Gasteiger partial charge >= 0.3 is 6.18 Å². The van der Waals surface area contributed by atoms with Crippen LogP contribution in [0.3, 0.4) is 0 Å². The molecule has 1 aliphatic carbocycles. The van der Waals surface area contributed by atoms with Gasteiger partial charge in [-0.25, -0.2) is 0 Å². The molecular weight excluding hydrogens is 197 g/mol. The van der Waals surface area contributed by atoms with Gasteiger partial charge in [0.05, 0.1) is 12.2 Å². The normalized spacial score (nSPS) is 22.1. The molecule has 0 spiro atoms. The summed E-state index contributed by atoms with van der Waals surface area (Å²) in [6, 6.07) is 0. The van der Waals surface area contributed by atoms with Crippen molar-refractivity contribution in [3.05, 3.63) is 0 Å². The van der Waals surface area contributed by atoms with Crippen molar-refractivity contribution in [1.29, 1.82) is 0 Å². The maximum absolute atomic E-state index is 11.7. The van der Waals surface area contributed by atoms with Crippen LogP contribution in [0.5, 0.6) is 0 Å². The highest BCUT2D eigenvalue weighted by atomic mass is 19.4. The van der Waals surface area contributed by atoms with Crippen molar-refractivity contribution in [3.63, 3.8) is 0 Å². The summed E-state index contributed by atoms with van der Waals surface area (Å²) < 4.78 is 35.2. The summed E-state index contributed by atoms with van der Waals surface area (Å²) in [6.07, 6.45) is -5.22. The largest absolute Gasteiger partial charge is 0.390 e. The molecule has 0 aliphatic heterocycles. The van der Waals surface area contributed by atoms with Crippen molar-refractivity contribution in [2.75, 3.05) is 0 Å². The zero-order valence-electron chi connectivity index (χ0n) is 7.80. The molecule has 0 aromatic carbocycles. The second kappa shape index (κ2) is 4.49. The van der Waals surface area contributed by atoms with E-state index in [2.05, 4.69) is 0 Å². The fourth-order valence-corrected chi connectivity index (χ4v) is 1.43. The van der Waals surface area contributed by atoms with Gasteiger partial charge in [0, 0.05) is 6.42 Å². The molecule has 1 saturated carbocycles. The first-order valence-electron chi connectivity index (χ1n) is 4.83. The molecule has 84 valence electrons. The second-order valence-corrected chi connectivity index (χ2v) is 3.90. The predicted molar refractivity (Wildman–Crippen MR) is 44.6 cm³/mol. The van der Waals surface area contributed by atoms with Crippen LogP contribution >= 0.6 is 0 Å². The van der Waals surface area contributed by atoms with Crippen LogP contribution in [0.4, 0.5) is 13.2 Å². The second-order valence-electron chi connectivity index (χ2n) is 3.90. The third kappa shape index (κ3) is 4.28. The van der Waals surface area contributed by atoms with Crippen LogP contribution in [0.1, 0.15) is 32.1 Å². The van der Waals surface area contributed by atoms with Gasteiger partial charge < -0.3 is 10.2 Å². The first-order valence-corrected chi connectivity index (χ1v) is 4.83. The van der Waals surface area contributed by atoms with Crippen LogP contribution in [0.15, 0.2) is 0 Å². The van der Waals surface area contributed by atoms with E-state index in [1.165, 1.54) is 0 Å². The number of halogens is 3. The van der Waals surface area contributed by atoms with Crippen molar-refractivity contribution in [2.45, 2.75) is 50.5 Å². The topological polar surface area (TPSA) is 40.5 Å². The van der Waals surface area contributed by atoms with E-state index in [4.69, 9.17) is 0 Å². The summed E-state index contributed by atoms with van der Waals surface area (Å²) in [7, 11) is 0. The molecule has 2 unspecified atom stereocenters. The van der Waals surface area contributed by atoms with E-state index in [0.29, 0.717) is 0 Å². The zero-order valence-corrected chi connectivity index (χ0v) is 7.80. The molecule has 0 saturated heterocycles. The van der Waals surface area contributed by atoms with Crippen LogP contribution in [0, 0.1) is 5.92 Å². The van der Waals surface area contributed by atoms with Gasteiger partial charge in [0.1, 0.15) is 0 Å². The van der Waals surface area contributed by atoms with Crippen LogP contribution < -0.4 is 0 Å². The van der Waals surface area contributed by atoms with Crippen LogP contribution in [0.25, 0.3) is 0 Å². The quantitative estimate of drug-likeness (QED) is 0.730. The Hall–Kier alpha value is -0.290. The molecule has 5 heteroatoms. The Balaban J connectivity index is 2.11. The summed E-state index contributed by atoms with van der Waals surface area (Å²) in [4.78, 5) is 0.